The number of benzene rings is 1. The maximum Gasteiger partial charge on any atom is 0.157 e. The highest BCUT2D eigenvalue weighted by molar-refractivity contribution is 5.92. The number of ketones is 1. The first-order valence-electron chi connectivity index (χ1n) is 5.86. The molecule has 94 valence electrons. The van der Waals surface area contributed by atoms with Gasteiger partial charge in [0.1, 0.15) is 17.4 Å². The van der Waals surface area contributed by atoms with Crippen LogP contribution in [0, 0.1) is 17.2 Å². The fraction of sp³-hybridized carbons (Fsp3) is 0.429. The summed E-state index contributed by atoms with van der Waals surface area (Å²) in [5.74, 6) is 0.488. The Morgan fingerprint density at radius 2 is 2.11 bits per heavy atom. The van der Waals surface area contributed by atoms with Crippen molar-refractivity contribution in [2.45, 2.75) is 18.8 Å². The minimum atomic E-state index is -0.738. The van der Waals surface area contributed by atoms with E-state index in [4.69, 9.17) is 9.47 Å². The lowest BCUT2D eigenvalue weighted by atomic mass is 9.92. The van der Waals surface area contributed by atoms with E-state index in [1.165, 1.54) is 7.11 Å². The number of nitriles is 1. The lowest BCUT2D eigenvalue weighted by Crippen LogP contribution is -2.13. The van der Waals surface area contributed by atoms with E-state index >= 15 is 0 Å². The van der Waals surface area contributed by atoms with Crippen LogP contribution in [0.1, 0.15) is 24.3 Å². The van der Waals surface area contributed by atoms with Gasteiger partial charge in [-0.3, -0.25) is 4.79 Å². The first-order valence-corrected chi connectivity index (χ1v) is 5.86. The molecule has 1 aromatic rings. The number of carbonyl (C=O) groups is 1. The Hall–Kier alpha value is -2.02. The van der Waals surface area contributed by atoms with Gasteiger partial charge in [-0.25, -0.2) is 0 Å². The molecule has 4 heteroatoms. The van der Waals surface area contributed by atoms with Gasteiger partial charge >= 0.3 is 0 Å². The summed E-state index contributed by atoms with van der Waals surface area (Å²) in [6.45, 7) is 0. The van der Waals surface area contributed by atoms with Crippen LogP contribution in [0.5, 0.6) is 11.5 Å². The van der Waals surface area contributed by atoms with Crippen molar-refractivity contribution in [2.75, 3.05) is 14.2 Å². The van der Waals surface area contributed by atoms with Crippen LogP contribution in [-0.2, 0) is 4.79 Å². The average molecular weight is 245 g/mol. The van der Waals surface area contributed by atoms with Gasteiger partial charge in [-0.15, -0.1) is 0 Å². The summed E-state index contributed by atoms with van der Waals surface area (Å²) in [5.41, 5.74) is 0.623. The van der Waals surface area contributed by atoms with Crippen molar-refractivity contribution in [1.82, 2.24) is 0 Å². The van der Waals surface area contributed by atoms with Crippen LogP contribution in [0.25, 0.3) is 0 Å². The molecule has 1 saturated carbocycles. The summed E-state index contributed by atoms with van der Waals surface area (Å²) in [4.78, 5) is 12.1. The van der Waals surface area contributed by atoms with Gasteiger partial charge in [-0.1, -0.05) is 0 Å². The number of Topliss-reactive ketones (excluding diaryl/α,β-unsaturated/α-hetero) is 1. The van der Waals surface area contributed by atoms with Crippen LogP contribution in [0.2, 0.25) is 0 Å². The van der Waals surface area contributed by atoms with Gasteiger partial charge in [-0.05, 0) is 25.0 Å². The van der Waals surface area contributed by atoms with E-state index in [2.05, 4.69) is 6.07 Å². The van der Waals surface area contributed by atoms with Gasteiger partial charge in [0.2, 0.25) is 0 Å². The van der Waals surface area contributed by atoms with Gasteiger partial charge in [0.15, 0.2) is 5.78 Å². The molecule has 18 heavy (non-hydrogen) atoms. The number of carbonyl (C=O) groups excluding carboxylic acids is 1. The third-order valence-electron chi connectivity index (χ3n) is 3.14. The predicted octanol–water partition coefficient (Wildman–Crippen LogP) is 2.29. The van der Waals surface area contributed by atoms with Crippen molar-refractivity contribution in [3.8, 4) is 17.6 Å². The Kier molecular flexibility index (Phi) is 3.52. The molecule has 0 spiro atoms. The van der Waals surface area contributed by atoms with Crippen LogP contribution in [0.3, 0.4) is 0 Å². The Morgan fingerprint density at radius 1 is 1.39 bits per heavy atom. The summed E-state index contributed by atoms with van der Waals surface area (Å²) >= 11 is 0. The first-order chi connectivity index (χ1) is 8.71. The largest absolute Gasteiger partial charge is 0.497 e. The molecule has 1 aromatic carbocycles. The van der Waals surface area contributed by atoms with Crippen molar-refractivity contribution in [1.29, 1.82) is 5.26 Å². The second-order valence-corrected chi connectivity index (χ2v) is 4.35. The van der Waals surface area contributed by atoms with E-state index in [1.54, 1.807) is 25.3 Å². The number of hydrogen-bond acceptors (Lipinski definition) is 4. The zero-order valence-corrected chi connectivity index (χ0v) is 10.5. The third kappa shape index (κ3) is 2.30. The fourth-order valence-electron chi connectivity index (χ4n) is 1.95. The van der Waals surface area contributed by atoms with Crippen LogP contribution in [-0.4, -0.2) is 20.0 Å². The fourth-order valence-corrected chi connectivity index (χ4v) is 1.95. The standard InChI is InChI=1S/C14H15NO3/c1-17-10-5-6-11(13(7-10)18-2)12(8-15)14(16)9-3-4-9/h5-7,9,12H,3-4H2,1-2H3. The van der Waals surface area contributed by atoms with E-state index in [-0.39, 0.29) is 11.7 Å². The van der Waals surface area contributed by atoms with Crippen molar-refractivity contribution < 1.29 is 14.3 Å². The number of hydrogen-bond donors (Lipinski definition) is 0. The zero-order chi connectivity index (χ0) is 13.1. The molecule has 0 radical (unpaired) electrons. The third-order valence-corrected chi connectivity index (χ3v) is 3.14. The van der Waals surface area contributed by atoms with E-state index in [1.807, 2.05) is 0 Å². The number of ether oxygens (including phenoxy) is 2. The van der Waals surface area contributed by atoms with Gasteiger partial charge in [0.25, 0.3) is 0 Å². The number of nitrogens with zero attached hydrogens (tertiary/aromatic N) is 1. The monoisotopic (exact) mass is 245 g/mol. The Labute approximate surface area is 106 Å². The van der Waals surface area contributed by atoms with Gasteiger partial charge in [-0.2, -0.15) is 5.26 Å². The molecule has 4 nitrogen and oxygen atoms in total. The molecule has 1 atom stereocenters. The highest BCUT2D eigenvalue weighted by Gasteiger charge is 2.36. The SMILES string of the molecule is COc1ccc(C(C#N)C(=O)C2CC2)c(OC)c1. The van der Waals surface area contributed by atoms with Crippen LogP contribution in [0.4, 0.5) is 0 Å². The Bertz CT molecular complexity index is 500. The molecular formula is C14H15NO3. The van der Waals surface area contributed by atoms with Crippen LogP contribution < -0.4 is 9.47 Å². The van der Waals surface area contributed by atoms with Crippen LogP contribution >= 0.6 is 0 Å². The van der Waals surface area contributed by atoms with Crippen molar-refractivity contribution >= 4 is 5.78 Å². The lowest BCUT2D eigenvalue weighted by molar-refractivity contribution is -0.120. The highest BCUT2D eigenvalue weighted by Crippen LogP contribution is 2.38. The van der Waals surface area contributed by atoms with E-state index < -0.39 is 5.92 Å². The lowest BCUT2D eigenvalue weighted by Gasteiger charge is -2.13. The minimum Gasteiger partial charge on any atom is -0.497 e. The molecule has 1 unspecified atom stereocenters. The summed E-state index contributed by atoms with van der Waals surface area (Å²) in [6.07, 6.45) is 1.80. The van der Waals surface area contributed by atoms with Gasteiger partial charge in [0.05, 0.1) is 20.3 Å². The van der Waals surface area contributed by atoms with Crippen LogP contribution in [0.15, 0.2) is 18.2 Å². The quantitative estimate of drug-likeness (QED) is 0.798. The van der Waals surface area contributed by atoms with Crippen molar-refractivity contribution in [2.24, 2.45) is 5.92 Å². The molecule has 1 fully saturated rings. The van der Waals surface area contributed by atoms with Crippen molar-refractivity contribution in [3.63, 3.8) is 0 Å². The number of methoxy groups -OCH3 is 2. The maximum atomic E-state index is 12.1. The minimum absolute atomic E-state index is 0.000895. The predicted molar refractivity (Wildman–Crippen MR) is 65.6 cm³/mol. The molecule has 1 aliphatic rings. The zero-order valence-electron chi connectivity index (χ0n) is 10.5. The van der Waals surface area contributed by atoms with E-state index in [0.29, 0.717) is 17.1 Å². The second-order valence-electron chi connectivity index (χ2n) is 4.35. The van der Waals surface area contributed by atoms with Gasteiger partial charge in [0, 0.05) is 17.5 Å². The molecule has 0 aromatic heterocycles. The first kappa shape index (κ1) is 12.4. The molecule has 1 aliphatic carbocycles. The number of rotatable bonds is 5. The topological polar surface area (TPSA) is 59.3 Å². The molecule has 0 aliphatic heterocycles. The second kappa shape index (κ2) is 5.09. The molecular weight excluding hydrogens is 230 g/mol. The molecule has 0 saturated heterocycles. The normalized spacial score (nSPS) is 15.6. The molecule has 0 N–H and O–H groups in total. The van der Waals surface area contributed by atoms with E-state index in [9.17, 15) is 10.1 Å². The van der Waals surface area contributed by atoms with E-state index in [0.717, 1.165) is 12.8 Å². The van der Waals surface area contributed by atoms with Crippen molar-refractivity contribution in [3.05, 3.63) is 23.8 Å². The molecule has 0 amide bonds. The summed E-state index contributed by atoms with van der Waals surface area (Å²) < 4.78 is 10.3. The van der Waals surface area contributed by atoms with Gasteiger partial charge < -0.3 is 9.47 Å². The summed E-state index contributed by atoms with van der Waals surface area (Å²) in [6, 6.07) is 7.24. The molecule has 0 bridgehead atoms. The maximum absolute atomic E-state index is 12.1. The Morgan fingerprint density at radius 3 is 2.61 bits per heavy atom. The Balaban J connectivity index is 2.35. The smallest absolute Gasteiger partial charge is 0.157 e. The summed E-state index contributed by atoms with van der Waals surface area (Å²) in [7, 11) is 3.08. The molecule has 2 rings (SSSR count). The molecule has 0 heterocycles. The highest BCUT2D eigenvalue weighted by atomic mass is 16.5. The average Bonchev–Trinajstić information content (AvgIpc) is 3.24. The summed E-state index contributed by atoms with van der Waals surface area (Å²) in [5, 5.41) is 9.22.